The lowest BCUT2D eigenvalue weighted by Crippen LogP contribution is -2.41. The van der Waals surface area contributed by atoms with Crippen LogP contribution in [0.5, 0.6) is 0 Å². The molecular weight excluding hydrogens is 316 g/mol. The second-order valence-corrected chi connectivity index (χ2v) is 7.61. The molecule has 4 nitrogen and oxygen atoms in total. The van der Waals surface area contributed by atoms with Crippen LogP contribution in [0.25, 0.3) is 0 Å². The van der Waals surface area contributed by atoms with Crippen LogP contribution >= 0.6 is 0 Å². The van der Waals surface area contributed by atoms with Crippen molar-refractivity contribution in [1.29, 1.82) is 0 Å². The fraction of sp³-hybridized carbons (Fsp3) is 0.952. The Bertz CT molecular complexity index is 345. The highest BCUT2D eigenvalue weighted by Crippen LogP contribution is 2.21. The molecule has 0 rings (SSSR count). The Labute approximate surface area is 156 Å². The summed E-state index contributed by atoms with van der Waals surface area (Å²) in [4.78, 5) is 12.5. The zero-order chi connectivity index (χ0) is 19.3. The van der Waals surface area contributed by atoms with E-state index in [4.69, 9.17) is 14.2 Å². The Balaban J connectivity index is 4.25. The van der Waals surface area contributed by atoms with E-state index in [-0.39, 0.29) is 24.8 Å². The molecule has 4 unspecified atom stereocenters. The van der Waals surface area contributed by atoms with Gasteiger partial charge in [-0.25, -0.2) is 4.79 Å². The molecule has 0 aromatic rings. The van der Waals surface area contributed by atoms with Crippen molar-refractivity contribution in [3.63, 3.8) is 0 Å². The first kappa shape index (κ1) is 24.4. The van der Waals surface area contributed by atoms with E-state index in [0.717, 1.165) is 12.8 Å². The Morgan fingerprint density at radius 2 is 1.64 bits per heavy atom. The van der Waals surface area contributed by atoms with Gasteiger partial charge in [0.25, 0.3) is 0 Å². The molecule has 0 amide bonds. The molecule has 0 aromatic carbocycles. The Morgan fingerprint density at radius 3 is 2.20 bits per heavy atom. The first-order valence-electron chi connectivity index (χ1n) is 10.3. The molecule has 150 valence electrons. The Morgan fingerprint density at radius 1 is 0.960 bits per heavy atom. The summed E-state index contributed by atoms with van der Waals surface area (Å²) in [7, 11) is 0. The summed E-state index contributed by atoms with van der Waals surface area (Å²) in [6.07, 6.45) is 7.84. The van der Waals surface area contributed by atoms with Crippen molar-refractivity contribution in [3.8, 4) is 0 Å². The number of esters is 1. The van der Waals surface area contributed by atoms with Crippen molar-refractivity contribution in [1.82, 2.24) is 0 Å². The molecule has 0 aromatic heterocycles. The molecule has 0 N–H and O–H groups in total. The van der Waals surface area contributed by atoms with E-state index in [1.807, 2.05) is 27.7 Å². The molecule has 0 aliphatic rings. The fourth-order valence-corrected chi connectivity index (χ4v) is 2.51. The number of unbranched alkanes of at least 4 members (excludes halogenated alkanes) is 3. The summed E-state index contributed by atoms with van der Waals surface area (Å²) in [5, 5.41) is 0. The lowest BCUT2D eigenvalue weighted by Gasteiger charge is -2.29. The predicted octanol–water partition coefficient (Wildman–Crippen LogP) is 5.53. The topological polar surface area (TPSA) is 44.8 Å². The third-order valence-electron chi connectivity index (χ3n) is 4.83. The molecular formula is C21H42O4. The van der Waals surface area contributed by atoms with Gasteiger partial charge in [0.15, 0.2) is 5.60 Å². The lowest BCUT2D eigenvalue weighted by molar-refractivity contribution is -0.177. The molecule has 0 heterocycles. The van der Waals surface area contributed by atoms with Crippen molar-refractivity contribution in [2.24, 2.45) is 5.92 Å². The highest BCUT2D eigenvalue weighted by atomic mass is 16.6. The molecule has 0 aliphatic heterocycles. The molecule has 0 spiro atoms. The Kier molecular flexibility index (Phi) is 13.2. The van der Waals surface area contributed by atoms with Gasteiger partial charge in [0, 0.05) is 0 Å². The standard InChI is InChI=1S/C21H42O4/c1-8-11-12-13-14-17(4)15-24-21(7,10-3)20(22)23-16-19(6)25-18(5)9-2/h17-19H,8-16H2,1-7H3. The smallest absolute Gasteiger partial charge is 0.338 e. The third kappa shape index (κ3) is 10.9. The number of rotatable bonds is 15. The largest absolute Gasteiger partial charge is 0.461 e. The van der Waals surface area contributed by atoms with Crippen LogP contribution in [-0.4, -0.2) is 37.0 Å². The average Bonchev–Trinajstić information content (AvgIpc) is 2.60. The number of carbonyl (C=O) groups is 1. The van der Waals surface area contributed by atoms with Crippen molar-refractivity contribution < 1.29 is 19.0 Å². The van der Waals surface area contributed by atoms with Gasteiger partial charge in [0.2, 0.25) is 0 Å². The normalized spacial score (nSPS) is 17.6. The summed E-state index contributed by atoms with van der Waals surface area (Å²) < 4.78 is 17.2. The van der Waals surface area contributed by atoms with Crippen LogP contribution in [0, 0.1) is 5.92 Å². The minimum Gasteiger partial charge on any atom is -0.461 e. The summed E-state index contributed by atoms with van der Waals surface area (Å²) in [5.41, 5.74) is -0.867. The van der Waals surface area contributed by atoms with Crippen molar-refractivity contribution in [3.05, 3.63) is 0 Å². The molecule has 0 aliphatic carbocycles. The Hall–Kier alpha value is -0.610. The van der Waals surface area contributed by atoms with Gasteiger partial charge in [-0.2, -0.15) is 0 Å². The van der Waals surface area contributed by atoms with E-state index in [2.05, 4.69) is 20.8 Å². The number of carbonyl (C=O) groups excluding carboxylic acids is 1. The monoisotopic (exact) mass is 358 g/mol. The quantitative estimate of drug-likeness (QED) is 0.285. The third-order valence-corrected chi connectivity index (χ3v) is 4.83. The van der Waals surface area contributed by atoms with Crippen LogP contribution in [-0.2, 0) is 19.0 Å². The summed E-state index contributed by atoms with van der Waals surface area (Å²) in [6, 6.07) is 0. The van der Waals surface area contributed by atoms with Gasteiger partial charge in [-0.05, 0) is 46.0 Å². The van der Waals surface area contributed by atoms with Crippen LogP contribution in [0.1, 0.15) is 93.4 Å². The lowest BCUT2D eigenvalue weighted by atomic mass is 10.0. The SMILES string of the molecule is CCCCCCC(C)COC(C)(CC)C(=O)OCC(C)OC(C)CC. The summed E-state index contributed by atoms with van der Waals surface area (Å²) >= 11 is 0. The molecule has 0 saturated heterocycles. The van der Waals surface area contributed by atoms with Gasteiger partial charge in [-0.3, -0.25) is 0 Å². The van der Waals surface area contributed by atoms with Crippen molar-refractivity contribution in [2.45, 2.75) is 111 Å². The first-order chi connectivity index (χ1) is 11.8. The molecule has 25 heavy (non-hydrogen) atoms. The van der Waals surface area contributed by atoms with Crippen LogP contribution in [0.15, 0.2) is 0 Å². The number of hydrogen-bond acceptors (Lipinski definition) is 4. The van der Waals surface area contributed by atoms with E-state index in [1.165, 1.54) is 25.7 Å². The highest BCUT2D eigenvalue weighted by molar-refractivity contribution is 5.79. The minimum atomic E-state index is -0.867. The van der Waals surface area contributed by atoms with Crippen LogP contribution in [0.4, 0.5) is 0 Å². The molecule has 0 fully saturated rings. The average molecular weight is 359 g/mol. The van der Waals surface area contributed by atoms with E-state index >= 15 is 0 Å². The summed E-state index contributed by atoms with van der Waals surface area (Å²) in [6.45, 7) is 15.1. The van der Waals surface area contributed by atoms with Gasteiger partial charge >= 0.3 is 5.97 Å². The maximum atomic E-state index is 12.5. The van der Waals surface area contributed by atoms with Gasteiger partial charge in [0.05, 0.1) is 18.8 Å². The number of hydrogen-bond donors (Lipinski definition) is 0. The minimum absolute atomic E-state index is 0.0995. The summed E-state index contributed by atoms with van der Waals surface area (Å²) in [5.74, 6) is 0.177. The van der Waals surface area contributed by atoms with Crippen LogP contribution in [0.3, 0.4) is 0 Å². The zero-order valence-electron chi connectivity index (χ0n) is 17.7. The van der Waals surface area contributed by atoms with Gasteiger partial charge in [-0.15, -0.1) is 0 Å². The van der Waals surface area contributed by atoms with E-state index < -0.39 is 5.60 Å². The van der Waals surface area contributed by atoms with E-state index in [1.54, 1.807) is 0 Å². The fourth-order valence-electron chi connectivity index (χ4n) is 2.51. The van der Waals surface area contributed by atoms with E-state index in [0.29, 0.717) is 18.9 Å². The predicted molar refractivity (Wildman–Crippen MR) is 104 cm³/mol. The van der Waals surface area contributed by atoms with Crippen molar-refractivity contribution in [2.75, 3.05) is 13.2 Å². The second-order valence-electron chi connectivity index (χ2n) is 7.61. The van der Waals surface area contributed by atoms with Crippen LogP contribution < -0.4 is 0 Å². The van der Waals surface area contributed by atoms with Crippen LogP contribution in [0.2, 0.25) is 0 Å². The molecule has 0 radical (unpaired) electrons. The highest BCUT2D eigenvalue weighted by Gasteiger charge is 2.35. The second kappa shape index (κ2) is 13.6. The van der Waals surface area contributed by atoms with Crippen molar-refractivity contribution >= 4 is 5.97 Å². The van der Waals surface area contributed by atoms with Gasteiger partial charge < -0.3 is 14.2 Å². The molecule has 4 heteroatoms. The van der Waals surface area contributed by atoms with Gasteiger partial charge in [-0.1, -0.05) is 53.4 Å². The molecule has 0 saturated carbocycles. The zero-order valence-corrected chi connectivity index (χ0v) is 17.7. The molecule has 0 bridgehead atoms. The number of ether oxygens (including phenoxy) is 3. The van der Waals surface area contributed by atoms with Gasteiger partial charge in [0.1, 0.15) is 6.61 Å². The maximum Gasteiger partial charge on any atom is 0.338 e. The van der Waals surface area contributed by atoms with E-state index in [9.17, 15) is 4.79 Å². The maximum absolute atomic E-state index is 12.5. The molecule has 4 atom stereocenters. The first-order valence-corrected chi connectivity index (χ1v) is 10.3.